The fraction of sp³-hybridized carbons (Fsp3) is 0.143. The predicted octanol–water partition coefficient (Wildman–Crippen LogP) is 1.98. The van der Waals surface area contributed by atoms with Gasteiger partial charge in [-0.3, -0.25) is 4.98 Å². The molecular formula is C14H14N6. The maximum absolute atomic E-state index is 4.38. The van der Waals surface area contributed by atoms with Crippen molar-refractivity contribution in [3.8, 4) is 5.69 Å². The summed E-state index contributed by atoms with van der Waals surface area (Å²) in [7, 11) is 0. The molecule has 0 aliphatic rings. The van der Waals surface area contributed by atoms with Gasteiger partial charge in [0.25, 0.3) is 0 Å². The summed E-state index contributed by atoms with van der Waals surface area (Å²) < 4.78 is 1.63. The highest BCUT2D eigenvalue weighted by molar-refractivity contribution is 5.60. The van der Waals surface area contributed by atoms with Crippen LogP contribution in [0.5, 0.6) is 0 Å². The standard InChI is InChI=1S/C14H14N6/c1-11-6-7-12(15-8-11)9-16-13-4-2-3-5-14(13)20-10-17-18-19-20/h2-8,10,16H,9H2,1H3. The summed E-state index contributed by atoms with van der Waals surface area (Å²) in [4.78, 5) is 4.38. The minimum Gasteiger partial charge on any atom is -0.378 e. The van der Waals surface area contributed by atoms with Gasteiger partial charge in [0, 0.05) is 6.20 Å². The second-order valence-corrected chi connectivity index (χ2v) is 4.45. The minimum absolute atomic E-state index is 0.652. The van der Waals surface area contributed by atoms with Gasteiger partial charge in [-0.15, -0.1) is 5.10 Å². The Kier molecular flexibility index (Phi) is 3.36. The second-order valence-electron chi connectivity index (χ2n) is 4.45. The van der Waals surface area contributed by atoms with E-state index in [9.17, 15) is 0 Å². The van der Waals surface area contributed by atoms with E-state index in [1.54, 1.807) is 11.0 Å². The Morgan fingerprint density at radius 1 is 1.15 bits per heavy atom. The van der Waals surface area contributed by atoms with Crippen LogP contribution in [0.2, 0.25) is 0 Å². The van der Waals surface area contributed by atoms with E-state index in [0.717, 1.165) is 22.6 Å². The van der Waals surface area contributed by atoms with E-state index in [0.29, 0.717) is 6.54 Å². The van der Waals surface area contributed by atoms with Crippen molar-refractivity contribution in [1.29, 1.82) is 0 Å². The average molecular weight is 266 g/mol. The third-order valence-corrected chi connectivity index (χ3v) is 2.93. The van der Waals surface area contributed by atoms with Crippen LogP contribution in [0.1, 0.15) is 11.3 Å². The summed E-state index contributed by atoms with van der Waals surface area (Å²) >= 11 is 0. The van der Waals surface area contributed by atoms with Crippen LogP contribution in [0.4, 0.5) is 5.69 Å². The van der Waals surface area contributed by atoms with Gasteiger partial charge in [-0.05, 0) is 41.1 Å². The van der Waals surface area contributed by atoms with E-state index < -0.39 is 0 Å². The third kappa shape index (κ3) is 2.64. The molecule has 100 valence electrons. The van der Waals surface area contributed by atoms with Crippen LogP contribution < -0.4 is 5.32 Å². The smallest absolute Gasteiger partial charge is 0.143 e. The average Bonchev–Trinajstić information content (AvgIpc) is 3.01. The first kappa shape index (κ1) is 12.3. The Hall–Kier alpha value is -2.76. The van der Waals surface area contributed by atoms with Gasteiger partial charge in [0.05, 0.1) is 23.6 Å². The number of anilines is 1. The summed E-state index contributed by atoms with van der Waals surface area (Å²) in [5.74, 6) is 0. The van der Waals surface area contributed by atoms with Crippen molar-refractivity contribution in [3.05, 3.63) is 60.2 Å². The number of tetrazole rings is 1. The molecule has 0 fully saturated rings. The van der Waals surface area contributed by atoms with Crippen molar-refractivity contribution in [1.82, 2.24) is 25.2 Å². The molecule has 2 aromatic heterocycles. The van der Waals surface area contributed by atoms with E-state index >= 15 is 0 Å². The molecule has 0 radical (unpaired) electrons. The second kappa shape index (κ2) is 5.48. The fourth-order valence-corrected chi connectivity index (χ4v) is 1.88. The molecule has 0 spiro atoms. The van der Waals surface area contributed by atoms with Crippen molar-refractivity contribution in [3.63, 3.8) is 0 Å². The fourth-order valence-electron chi connectivity index (χ4n) is 1.88. The summed E-state index contributed by atoms with van der Waals surface area (Å²) in [6.45, 7) is 2.68. The number of rotatable bonds is 4. The van der Waals surface area contributed by atoms with Crippen molar-refractivity contribution in [2.24, 2.45) is 0 Å². The number of hydrogen-bond acceptors (Lipinski definition) is 5. The normalized spacial score (nSPS) is 10.4. The highest BCUT2D eigenvalue weighted by Gasteiger charge is 2.05. The van der Waals surface area contributed by atoms with Gasteiger partial charge < -0.3 is 5.32 Å². The molecule has 2 heterocycles. The molecule has 1 aromatic carbocycles. The molecule has 0 aliphatic carbocycles. The summed E-state index contributed by atoms with van der Waals surface area (Å²) in [5.41, 5.74) is 4.01. The summed E-state index contributed by atoms with van der Waals surface area (Å²) in [5, 5.41) is 14.6. The molecule has 0 aliphatic heterocycles. The van der Waals surface area contributed by atoms with Crippen LogP contribution in [0.15, 0.2) is 48.9 Å². The van der Waals surface area contributed by atoms with Gasteiger partial charge in [-0.2, -0.15) is 4.68 Å². The Balaban J connectivity index is 1.79. The first-order valence-electron chi connectivity index (χ1n) is 6.31. The Labute approximate surface area is 116 Å². The molecule has 3 aromatic rings. The van der Waals surface area contributed by atoms with Crippen molar-refractivity contribution < 1.29 is 0 Å². The molecule has 0 atom stereocenters. The van der Waals surface area contributed by atoms with Crippen LogP contribution in [0.3, 0.4) is 0 Å². The van der Waals surface area contributed by atoms with Crippen LogP contribution >= 0.6 is 0 Å². The lowest BCUT2D eigenvalue weighted by Gasteiger charge is -2.10. The maximum Gasteiger partial charge on any atom is 0.143 e. The first-order chi connectivity index (χ1) is 9.83. The van der Waals surface area contributed by atoms with Gasteiger partial charge in [-0.25, -0.2) is 0 Å². The topological polar surface area (TPSA) is 68.5 Å². The Bertz CT molecular complexity index is 675. The minimum atomic E-state index is 0.652. The SMILES string of the molecule is Cc1ccc(CNc2ccccc2-n2cnnn2)nc1. The van der Waals surface area contributed by atoms with E-state index in [2.05, 4.69) is 31.9 Å². The Morgan fingerprint density at radius 2 is 2.05 bits per heavy atom. The quantitative estimate of drug-likeness (QED) is 0.782. The predicted molar refractivity (Wildman–Crippen MR) is 75.5 cm³/mol. The zero-order valence-electron chi connectivity index (χ0n) is 11.1. The lowest BCUT2D eigenvalue weighted by Crippen LogP contribution is -2.06. The lowest BCUT2D eigenvalue weighted by molar-refractivity contribution is 0.789. The highest BCUT2D eigenvalue weighted by Crippen LogP contribution is 2.18. The van der Waals surface area contributed by atoms with Crippen LogP contribution in [0.25, 0.3) is 5.69 Å². The van der Waals surface area contributed by atoms with Gasteiger partial charge in [-0.1, -0.05) is 18.2 Å². The van der Waals surface area contributed by atoms with Gasteiger partial charge in [0.1, 0.15) is 6.33 Å². The summed E-state index contributed by atoms with van der Waals surface area (Å²) in [6.07, 6.45) is 3.44. The number of aryl methyl sites for hydroxylation is 1. The number of nitrogens with zero attached hydrogens (tertiary/aromatic N) is 5. The molecule has 6 heteroatoms. The largest absolute Gasteiger partial charge is 0.378 e. The number of para-hydroxylation sites is 2. The number of nitrogens with one attached hydrogen (secondary N) is 1. The molecular weight excluding hydrogens is 252 g/mol. The molecule has 1 N–H and O–H groups in total. The lowest BCUT2D eigenvalue weighted by atomic mass is 10.2. The van der Waals surface area contributed by atoms with E-state index in [4.69, 9.17) is 0 Å². The van der Waals surface area contributed by atoms with Crippen LogP contribution in [0, 0.1) is 6.92 Å². The van der Waals surface area contributed by atoms with E-state index in [1.807, 2.05) is 43.5 Å². The number of pyridine rings is 1. The van der Waals surface area contributed by atoms with Crippen LogP contribution in [-0.2, 0) is 6.54 Å². The molecule has 6 nitrogen and oxygen atoms in total. The van der Waals surface area contributed by atoms with Crippen molar-refractivity contribution >= 4 is 5.69 Å². The highest BCUT2D eigenvalue weighted by atomic mass is 15.5. The van der Waals surface area contributed by atoms with Crippen molar-refractivity contribution in [2.45, 2.75) is 13.5 Å². The molecule has 0 bridgehead atoms. The maximum atomic E-state index is 4.38. The first-order valence-corrected chi connectivity index (χ1v) is 6.31. The van der Waals surface area contributed by atoms with Crippen LogP contribution in [-0.4, -0.2) is 25.2 Å². The third-order valence-electron chi connectivity index (χ3n) is 2.93. The molecule has 0 saturated heterocycles. The molecule has 20 heavy (non-hydrogen) atoms. The monoisotopic (exact) mass is 266 g/mol. The van der Waals surface area contributed by atoms with Gasteiger partial charge >= 0.3 is 0 Å². The molecule has 0 amide bonds. The van der Waals surface area contributed by atoms with E-state index in [1.165, 1.54) is 0 Å². The molecule has 0 unspecified atom stereocenters. The number of hydrogen-bond donors (Lipinski definition) is 1. The van der Waals surface area contributed by atoms with Gasteiger partial charge in [0.15, 0.2) is 0 Å². The Morgan fingerprint density at radius 3 is 2.80 bits per heavy atom. The number of benzene rings is 1. The van der Waals surface area contributed by atoms with E-state index in [-0.39, 0.29) is 0 Å². The number of aromatic nitrogens is 5. The zero-order chi connectivity index (χ0) is 13.8. The van der Waals surface area contributed by atoms with Gasteiger partial charge in [0.2, 0.25) is 0 Å². The molecule has 3 rings (SSSR count). The summed E-state index contributed by atoms with van der Waals surface area (Å²) in [6, 6.07) is 11.9. The molecule has 0 saturated carbocycles. The zero-order valence-corrected chi connectivity index (χ0v) is 11.1. The van der Waals surface area contributed by atoms with Crippen molar-refractivity contribution in [2.75, 3.05) is 5.32 Å².